The number of rotatable bonds is 3. The molecule has 5 rings (SSSR count). The number of hydrogen-bond donors (Lipinski definition) is 0. The zero-order valence-electron chi connectivity index (χ0n) is 19.1. The van der Waals surface area contributed by atoms with Crippen LogP contribution in [-0.2, 0) is 11.2 Å². The van der Waals surface area contributed by atoms with Gasteiger partial charge in [0, 0.05) is 47.5 Å². The first-order chi connectivity index (χ1) is 16.0. The van der Waals surface area contributed by atoms with Crippen molar-refractivity contribution in [1.82, 2.24) is 9.47 Å². The summed E-state index contributed by atoms with van der Waals surface area (Å²) < 4.78 is 8.96. The fourth-order valence-electron chi connectivity index (χ4n) is 5.95. The Morgan fingerprint density at radius 2 is 2.00 bits per heavy atom. The maximum Gasteiger partial charge on any atom is 0.253 e. The molecule has 1 amide bonds. The maximum absolute atomic E-state index is 13.5. The van der Waals surface area contributed by atoms with Crippen molar-refractivity contribution >= 4 is 38.6 Å². The van der Waals surface area contributed by atoms with Gasteiger partial charge < -0.3 is 9.64 Å². The van der Waals surface area contributed by atoms with Crippen LogP contribution in [-0.4, -0.2) is 41.5 Å². The molecule has 0 fully saturated rings. The molecule has 2 aliphatic rings. The summed E-state index contributed by atoms with van der Waals surface area (Å²) in [7, 11) is 1.77. The zero-order valence-corrected chi connectivity index (χ0v) is 20.7. The second-order valence-corrected chi connectivity index (χ2v) is 10.2. The van der Waals surface area contributed by atoms with E-state index in [4.69, 9.17) is 4.74 Å². The number of amides is 1. The molecule has 5 nitrogen and oxygen atoms in total. The molecule has 0 spiro atoms. The van der Waals surface area contributed by atoms with Gasteiger partial charge in [-0.2, -0.15) is 0 Å². The van der Waals surface area contributed by atoms with Crippen molar-refractivity contribution < 1.29 is 14.3 Å². The zero-order chi connectivity index (χ0) is 23.2. The van der Waals surface area contributed by atoms with Crippen LogP contribution in [0, 0.1) is 5.41 Å². The number of benzene rings is 2. The number of carbonyl (C=O) groups excluding carboxylic acids is 2. The highest BCUT2D eigenvalue weighted by Gasteiger charge is 2.48. The Morgan fingerprint density at radius 3 is 2.76 bits per heavy atom. The van der Waals surface area contributed by atoms with Crippen LogP contribution in [0.15, 0.2) is 53.0 Å². The van der Waals surface area contributed by atoms with Crippen LogP contribution < -0.4 is 0 Å². The molecule has 0 saturated carbocycles. The van der Waals surface area contributed by atoms with E-state index in [0.717, 1.165) is 45.9 Å². The third-order valence-electron chi connectivity index (χ3n) is 7.61. The van der Waals surface area contributed by atoms with E-state index < -0.39 is 0 Å². The monoisotopic (exact) mass is 508 g/mol. The number of fused-ring (bicyclic) bond motifs is 4. The molecule has 2 aliphatic heterocycles. The first-order valence-corrected chi connectivity index (χ1v) is 12.5. The van der Waals surface area contributed by atoms with E-state index in [2.05, 4.69) is 28.9 Å². The Labute approximate surface area is 202 Å². The summed E-state index contributed by atoms with van der Waals surface area (Å²) in [5, 5.41) is 1.09. The minimum Gasteiger partial charge on any atom is -0.375 e. The van der Waals surface area contributed by atoms with Gasteiger partial charge in [-0.05, 0) is 55.5 Å². The van der Waals surface area contributed by atoms with Gasteiger partial charge in [-0.25, -0.2) is 0 Å². The van der Waals surface area contributed by atoms with Crippen LogP contribution in [0.1, 0.15) is 65.1 Å². The average molecular weight is 509 g/mol. The lowest BCUT2D eigenvalue weighted by atomic mass is 9.69. The van der Waals surface area contributed by atoms with E-state index in [0.29, 0.717) is 31.5 Å². The molecule has 2 atom stereocenters. The Bertz CT molecular complexity index is 1230. The standard InChI is InChI=1S/C27H29BrN2O3/c1-3-27-13-7-14-29(26(32)18-8-6-9-19(28)16-18)15-12-21-20-10-4-5-11-22(20)30(23(31)17-27)24(21)25(27)33-2/h4-6,8-11,16,25H,3,7,12-15,17H2,1-2H3. The van der Waals surface area contributed by atoms with E-state index in [1.54, 1.807) is 7.11 Å². The van der Waals surface area contributed by atoms with Crippen molar-refractivity contribution in [2.75, 3.05) is 20.2 Å². The van der Waals surface area contributed by atoms with Gasteiger partial charge in [0.1, 0.15) is 6.10 Å². The van der Waals surface area contributed by atoms with E-state index in [9.17, 15) is 9.59 Å². The predicted octanol–water partition coefficient (Wildman–Crippen LogP) is 6.01. The number of ether oxygens (including phenoxy) is 1. The van der Waals surface area contributed by atoms with Gasteiger partial charge in [-0.1, -0.05) is 47.1 Å². The second-order valence-electron chi connectivity index (χ2n) is 9.27. The van der Waals surface area contributed by atoms with Gasteiger partial charge in [0.05, 0.1) is 11.2 Å². The molecule has 3 aromatic rings. The Balaban J connectivity index is 1.63. The van der Waals surface area contributed by atoms with Crippen LogP contribution in [0.2, 0.25) is 0 Å². The minimum atomic E-state index is -0.257. The first kappa shape index (κ1) is 22.4. The van der Waals surface area contributed by atoms with Gasteiger partial charge in [-0.3, -0.25) is 14.2 Å². The van der Waals surface area contributed by atoms with Gasteiger partial charge in [0.2, 0.25) is 5.91 Å². The quantitative estimate of drug-likeness (QED) is 0.435. The summed E-state index contributed by atoms with van der Waals surface area (Å²) in [5.74, 6) is 0.214. The molecular weight excluding hydrogens is 480 g/mol. The number of carbonyl (C=O) groups is 2. The summed E-state index contributed by atoms with van der Waals surface area (Å²) in [4.78, 5) is 28.9. The molecule has 3 heterocycles. The summed E-state index contributed by atoms with van der Waals surface area (Å²) in [6, 6.07) is 15.7. The average Bonchev–Trinajstić information content (AvgIpc) is 3.15. The third kappa shape index (κ3) is 3.64. The highest BCUT2D eigenvalue weighted by atomic mass is 79.9. The molecule has 0 radical (unpaired) electrons. The largest absolute Gasteiger partial charge is 0.375 e. The summed E-state index contributed by atoms with van der Waals surface area (Å²) in [6.45, 7) is 3.44. The number of nitrogens with zero attached hydrogens (tertiary/aromatic N) is 2. The van der Waals surface area contributed by atoms with Crippen molar-refractivity contribution in [3.8, 4) is 0 Å². The number of hydrogen-bond acceptors (Lipinski definition) is 3. The van der Waals surface area contributed by atoms with E-state index >= 15 is 0 Å². The Hall–Kier alpha value is -2.44. The second kappa shape index (κ2) is 8.73. The smallest absolute Gasteiger partial charge is 0.253 e. The van der Waals surface area contributed by atoms with Crippen molar-refractivity contribution in [2.24, 2.45) is 5.41 Å². The fourth-order valence-corrected chi connectivity index (χ4v) is 6.35. The van der Waals surface area contributed by atoms with E-state index in [1.807, 2.05) is 51.9 Å². The van der Waals surface area contributed by atoms with Crippen molar-refractivity contribution in [1.29, 1.82) is 0 Å². The Morgan fingerprint density at radius 1 is 1.18 bits per heavy atom. The van der Waals surface area contributed by atoms with Crippen LogP contribution in [0.5, 0.6) is 0 Å². The van der Waals surface area contributed by atoms with Gasteiger partial charge >= 0.3 is 0 Å². The van der Waals surface area contributed by atoms with E-state index in [-0.39, 0.29) is 23.3 Å². The molecular formula is C27H29BrN2O3. The van der Waals surface area contributed by atoms with Crippen molar-refractivity contribution in [2.45, 2.75) is 45.1 Å². The number of methoxy groups -OCH3 is 1. The maximum atomic E-state index is 13.5. The highest BCUT2D eigenvalue weighted by Crippen LogP contribution is 2.52. The van der Waals surface area contributed by atoms with Crippen LogP contribution in [0.3, 0.4) is 0 Å². The lowest BCUT2D eigenvalue weighted by molar-refractivity contribution is -0.0422. The molecule has 2 unspecified atom stereocenters. The lowest BCUT2D eigenvalue weighted by Gasteiger charge is -2.44. The fraction of sp³-hybridized carbons (Fsp3) is 0.407. The van der Waals surface area contributed by atoms with Crippen molar-refractivity contribution in [3.05, 3.63) is 69.8 Å². The molecule has 6 heteroatoms. The van der Waals surface area contributed by atoms with Gasteiger partial charge in [-0.15, -0.1) is 0 Å². The molecule has 172 valence electrons. The highest BCUT2D eigenvalue weighted by molar-refractivity contribution is 9.10. The molecule has 1 aromatic heterocycles. The predicted molar refractivity (Wildman–Crippen MR) is 133 cm³/mol. The molecule has 2 bridgehead atoms. The number of aromatic nitrogens is 1. The van der Waals surface area contributed by atoms with Gasteiger partial charge in [0.15, 0.2) is 0 Å². The molecule has 0 N–H and O–H groups in total. The summed E-state index contributed by atoms with van der Waals surface area (Å²) >= 11 is 3.49. The Kier molecular flexibility index (Phi) is 5.91. The molecule has 33 heavy (non-hydrogen) atoms. The SMILES string of the molecule is CCC12CCCN(C(=O)c3cccc(Br)c3)CCc3c(n(c4ccccc34)C(=O)C1)C2OC. The normalized spacial score (nSPS) is 23.1. The summed E-state index contributed by atoms with van der Waals surface area (Å²) in [5.41, 5.74) is 3.52. The van der Waals surface area contributed by atoms with Gasteiger partial charge in [0.25, 0.3) is 5.91 Å². The first-order valence-electron chi connectivity index (χ1n) is 11.7. The molecule has 0 aliphatic carbocycles. The van der Waals surface area contributed by atoms with E-state index in [1.165, 1.54) is 0 Å². The van der Waals surface area contributed by atoms with Crippen LogP contribution in [0.25, 0.3) is 10.9 Å². The molecule has 2 aromatic carbocycles. The number of para-hydroxylation sites is 1. The molecule has 0 saturated heterocycles. The van der Waals surface area contributed by atoms with Crippen LogP contribution >= 0.6 is 15.9 Å². The minimum absolute atomic E-state index is 0.0562. The lowest BCUT2D eigenvalue weighted by Crippen LogP contribution is -2.43. The third-order valence-corrected chi connectivity index (χ3v) is 8.10. The number of halogens is 1. The topological polar surface area (TPSA) is 51.5 Å². The van der Waals surface area contributed by atoms with Crippen LogP contribution in [0.4, 0.5) is 0 Å². The van der Waals surface area contributed by atoms with Crippen molar-refractivity contribution in [3.63, 3.8) is 0 Å². The summed E-state index contributed by atoms with van der Waals surface area (Å²) in [6.07, 6.45) is 3.57.